The Kier molecular flexibility index (Phi) is 16.9. The molecule has 1 aromatic carbocycles. The van der Waals surface area contributed by atoms with E-state index in [4.69, 9.17) is 0 Å². The van der Waals surface area contributed by atoms with Crippen molar-refractivity contribution in [1.29, 1.82) is 0 Å². The molecular weight excluding hydrogens is 715 g/mol. The molecule has 0 saturated carbocycles. The maximum absolute atomic E-state index is 14.3. The van der Waals surface area contributed by atoms with Crippen LogP contribution in [0.5, 0.6) is 0 Å². The van der Waals surface area contributed by atoms with E-state index in [1.54, 1.807) is 9.80 Å². The number of likely N-dealkylation sites (tertiary alicyclic amines) is 2. The molecule has 2 aliphatic rings. The summed E-state index contributed by atoms with van der Waals surface area (Å²) in [4.78, 5) is 106. The molecule has 3 rings (SSSR count). The zero-order valence-corrected chi connectivity index (χ0v) is 35.7. The van der Waals surface area contributed by atoms with E-state index in [0.717, 1.165) is 5.56 Å². The lowest BCUT2D eigenvalue weighted by atomic mass is 10.1. The molecule has 14 nitrogen and oxygen atoms in total. The summed E-state index contributed by atoms with van der Waals surface area (Å²) < 4.78 is 0. The highest BCUT2D eigenvalue weighted by atomic mass is 16.2. The molecule has 56 heavy (non-hydrogen) atoms. The Morgan fingerprint density at radius 2 is 1.07 bits per heavy atom. The van der Waals surface area contributed by atoms with Gasteiger partial charge in [-0.2, -0.15) is 0 Å². The molecule has 2 fully saturated rings. The number of carbonyl (C=O) groups excluding carboxylic acids is 7. The molecule has 0 aromatic heterocycles. The van der Waals surface area contributed by atoms with Crippen molar-refractivity contribution in [1.82, 2.24) is 34.3 Å². The van der Waals surface area contributed by atoms with E-state index in [-0.39, 0.29) is 104 Å². The first kappa shape index (κ1) is 45.9. The minimum absolute atomic E-state index is 0.0390. The van der Waals surface area contributed by atoms with Crippen molar-refractivity contribution in [3.8, 4) is 0 Å². The number of hydrogen-bond acceptors (Lipinski definition) is 7. The molecule has 2 aliphatic heterocycles. The SMILES string of the molecule is CC(=O)N(CC(=O)N(CC(=O)N1CCC[C@@H]1C(=O)N1CCC[C@@H]1C(=O)N(CC(=O)N(CC(=O)N(C(C)C)C(C)C)C(C)C)C(C)C)C(C)C)Cc1ccccc1. The minimum atomic E-state index is -0.794. The van der Waals surface area contributed by atoms with Crippen molar-refractivity contribution in [3.63, 3.8) is 0 Å². The van der Waals surface area contributed by atoms with Crippen LogP contribution in [0.2, 0.25) is 0 Å². The van der Waals surface area contributed by atoms with Crippen LogP contribution in [0.1, 0.15) is 107 Å². The van der Waals surface area contributed by atoms with E-state index >= 15 is 0 Å². The van der Waals surface area contributed by atoms with Gasteiger partial charge >= 0.3 is 0 Å². The zero-order chi connectivity index (χ0) is 42.0. The third kappa shape index (κ3) is 11.8. The van der Waals surface area contributed by atoms with Gasteiger partial charge in [-0.05, 0) is 100 Å². The second kappa shape index (κ2) is 20.6. The van der Waals surface area contributed by atoms with Gasteiger partial charge in [0.2, 0.25) is 41.4 Å². The van der Waals surface area contributed by atoms with E-state index in [9.17, 15) is 33.6 Å². The van der Waals surface area contributed by atoms with Crippen LogP contribution in [0.25, 0.3) is 0 Å². The molecule has 7 amide bonds. The van der Waals surface area contributed by atoms with Gasteiger partial charge in [0.15, 0.2) is 0 Å². The molecule has 312 valence electrons. The van der Waals surface area contributed by atoms with Gasteiger partial charge in [-0.15, -0.1) is 0 Å². The highest BCUT2D eigenvalue weighted by Crippen LogP contribution is 2.27. The third-order valence-corrected chi connectivity index (χ3v) is 10.8. The maximum Gasteiger partial charge on any atom is 0.246 e. The van der Waals surface area contributed by atoms with Gasteiger partial charge < -0.3 is 34.3 Å². The lowest BCUT2D eigenvalue weighted by Crippen LogP contribution is -2.57. The average Bonchev–Trinajstić information content (AvgIpc) is 3.81. The van der Waals surface area contributed by atoms with Gasteiger partial charge in [0.1, 0.15) is 38.3 Å². The van der Waals surface area contributed by atoms with E-state index in [2.05, 4.69) is 0 Å². The van der Waals surface area contributed by atoms with Crippen LogP contribution in [0.3, 0.4) is 0 Å². The van der Waals surface area contributed by atoms with Gasteiger partial charge in [-0.25, -0.2) is 0 Å². The van der Waals surface area contributed by atoms with E-state index in [0.29, 0.717) is 38.8 Å². The number of hydrogen-bond donors (Lipinski definition) is 0. The number of rotatable bonds is 17. The Labute approximate surface area is 334 Å². The standard InChI is InChI=1S/C42H67N7O7/c1-28(2)46(37(51)24-43(33(11)50)23-34-17-13-12-14-18-34)25-38(52)44-21-15-19-35(44)41(55)45-22-16-20-36(45)42(56)48(30(5)6)26-39(53)47(29(3)4)27-40(54)49(31(7)8)32(9)10/h12-14,17-18,28-32,35-36H,15-16,19-27H2,1-11H3/t35-,36-/m1/s1. The first-order valence-corrected chi connectivity index (χ1v) is 20.4. The summed E-state index contributed by atoms with van der Waals surface area (Å²) in [5.41, 5.74) is 0.882. The van der Waals surface area contributed by atoms with E-state index < -0.39 is 12.1 Å². The molecule has 0 aliphatic carbocycles. The summed E-state index contributed by atoms with van der Waals surface area (Å²) in [6.07, 6.45) is 2.06. The van der Waals surface area contributed by atoms with Gasteiger partial charge in [-0.3, -0.25) is 33.6 Å². The lowest BCUT2D eigenvalue weighted by Gasteiger charge is -2.37. The van der Waals surface area contributed by atoms with E-state index in [1.165, 1.54) is 31.4 Å². The first-order chi connectivity index (χ1) is 26.3. The van der Waals surface area contributed by atoms with Crippen molar-refractivity contribution in [3.05, 3.63) is 35.9 Å². The predicted octanol–water partition coefficient (Wildman–Crippen LogP) is 3.37. The molecule has 2 heterocycles. The molecule has 1 aromatic rings. The van der Waals surface area contributed by atoms with Gasteiger partial charge in [0, 0.05) is 56.8 Å². The maximum atomic E-state index is 14.3. The first-order valence-electron chi connectivity index (χ1n) is 20.4. The van der Waals surface area contributed by atoms with Crippen LogP contribution in [0, 0.1) is 0 Å². The second-order valence-electron chi connectivity index (χ2n) is 16.6. The summed E-state index contributed by atoms with van der Waals surface area (Å²) in [7, 11) is 0. The summed E-state index contributed by atoms with van der Waals surface area (Å²) in [6.45, 7) is 20.3. The van der Waals surface area contributed by atoms with Crippen LogP contribution in [-0.2, 0) is 40.1 Å². The molecule has 0 unspecified atom stereocenters. The lowest BCUT2D eigenvalue weighted by molar-refractivity contribution is -0.153. The molecule has 0 N–H and O–H groups in total. The van der Waals surface area contributed by atoms with Crippen LogP contribution in [0.4, 0.5) is 0 Å². The second-order valence-corrected chi connectivity index (χ2v) is 16.6. The number of nitrogens with zero attached hydrogens (tertiary/aromatic N) is 7. The van der Waals surface area contributed by atoms with Crippen molar-refractivity contribution >= 4 is 41.4 Å². The van der Waals surface area contributed by atoms with Crippen LogP contribution < -0.4 is 0 Å². The van der Waals surface area contributed by atoms with Crippen molar-refractivity contribution in [2.75, 3.05) is 39.3 Å². The Hall–Kier alpha value is -4.49. The Morgan fingerprint density at radius 3 is 1.59 bits per heavy atom. The van der Waals surface area contributed by atoms with Crippen LogP contribution in [0.15, 0.2) is 30.3 Å². The normalized spacial score (nSPS) is 16.9. The highest BCUT2D eigenvalue weighted by molar-refractivity contribution is 5.96. The van der Waals surface area contributed by atoms with Crippen molar-refractivity contribution in [2.45, 2.75) is 151 Å². The fourth-order valence-electron chi connectivity index (χ4n) is 7.83. The topological polar surface area (TPSA) is 142 Å². The summed E-state index contributed by atoms with van der Waals surface area (Å²) >= 11 is 0. The smallest absolute Gasteiger partial charge is 0.246 e. The Balaban J connectivity index is 1.73. The molecule has 0 bridgehead atoms. The van der Waals surface area contributed by atoms with E-state index in [1.807, 2.05) is 99.6 Å². The van der Waals surface area contributed by atoms with Crippen molar-refractivity contribution < 1.29 is 33.6 Å². The molecule has 2 saturated heterocycles. The summed E-state index contributed by atoms with van der Waals surface area (Å²) in [5.74, 6) is -2.15. The molecule has 0 spiro atoms. The fraction of sp³-hybridized carbons (Fsp3) is 0.690. The third-order valence-electron chi connectivity index (χ3n) is 10.8. The van der Waals surface area contributed by atoms with Gasteiger partial charge in [0.05, 0.1) is 0 Å². The largest absolute Gasteiger partial charge is 0.336 e. The molecule has 14 heteroatoms. The minimum Gasteiger partial charge on any atom is -0.336 e. The van der Waals surface area contributed by atoms with Crippen LogP contribution in [-0.4, -0.2) is 157 Å². The summed E-state index contributed by atoms with van der Waals surface area (Å²) in [5, 5.41) is 0. The zero-order valence-electron chi connectivity index (χ0n) is 35.7. The number of carbonyl (C=O) groups is 7. The van der Waals surface area contributed by atoms with Gasteiger partial charge in [-0.1, -0.05) is 30.3 Å². The average molecular weight is 782 g/mol. The molecule has 0 radical (unpaired) electrons. The molecule has 2 atom stereocenters. The monoisotopic (exact) mass is 782 g/mol. The number of benzene rings is 1. The Morgan fingerprint density at radius 1 is 0.589 bits per heavy atom. The predicted molar refractivity (Wildman–Crippen MR) is 215 cm³/mol. The highest BCUT2D eigenvalue weighted by Gasteiger charge is 2.44. The Bertz CT molecular complexity index is 1540. The fourth-order valence-corrected chi connectivity index (χ4v) is 7.83. The summed E-state index contributed by atoms with van der Waals surface area (Å²) in [6, 6.07) is 6.74. The van der Waals surface area contributed by atoms with Crippen LogP contribution >= 0.6 is 0 Å². The van der Waals surface area contributed by atoms with Crippen molar-refractivity contribution in [2.24, 2.45) is 0 Å². The molecular formula is C42H67N7O7. The quantitative estimate of drug-likeness (QED) is 0.236. The number of amides is 7. The van der Waals surface area contributed by atoms with Gasteiger partial charge in [0.25, 0.3) is 0 Å².